The highest BCUT2D eigenvalue weighted by Gasteiger charge is 2.11. The van der Waals surface area contributed by atoms with Gasteiger partial charge in [-0.3, -0.25) is 4.98 Å². The van der Waals surface area contributed by atoms with Gasteiger partial charge in [0.2, 0.25) is 0 Å². The summed E-state index contributed by atoms with van der Waals surface area (Å²) in [5.74, 6) is 0. The number of aromatic nitrogens is 1. The van der Waals surface area contributed by atoms with Crippen LogP contribution in [0, 0.1) is 6.92 Å². The first-order valence-corrected chi connectivity index (χ1v) is 8.08. The molecule has 1 heterocycles. The second-order valence-electron chi connectivity index (χ2n) is 6.15. The van der Waals surface area contributed by atoms with Crippen LogP contribution in [0.3, 0.4) is 0 Å². The van der Waals surface area contributed by atoms with E-state index >= 15 is 0 Å². The lowest BCUT2D eigenvalue weighted by molar-refractivity contribution is 0.305. The van der Waals surface area contributed by atoms with Gasteiger partial charge < -0.3 is 10.2 Å². The Labute approximate surface area is 123 Å². The molecular formula is C17H29N3. The van der Waals surface area contributed by atoms with E-state index < -0.39 is 0 Å². The molecule has 1 aromatic heterocycles. The molecule has 1 aliphatic rings. The van der Waals surface area contributed by atoms with Gasteiger partial charge in [-0.05, 0) is 58.5 Å². The van der Waals surface area contributed by atoms with Gasteiger partial charge in [0, 0.05) is 18.3 Å². The summed E-state index contributed by atoms with van der Waals surface area (Å²) in [6.45, 7) is 5.29. The molecule has 3 nitrogen and oxygen atoms in total. The third-order valence-electron chi connectivity index (χ3n) is 4.13. The summed E-state index contributed by atoms with van der Waals surface area (Å²) < 4.78 is 0. The molecule has 2 rings (SSSR count). The SMILES string of the molecule is Cc1cccc(CN(C)CCCNC2CCCCC2)n1. The quantitative estimate of drug-likeness (QED) is 0.775. The monoisotopic (exact) mass is 275 g/mol. The van der Waals surface area contributed by atoms with Gasteiger partial charge in [-0.2, -0.15) is 0 Å². The van der Waals surface area contributed by atoms with Crippen LogP contribution in [0.1, 0.15) is 49.9 Å². The first-order valence-electron chi connectivity index (χ1n) is 8.08. The predicted molar refractivity (Wildman–Crippen MR) is 84.8 cm³/mol. The Morgan fingerprint density at radius 3 is 2.80 bits per heavy atom. The van der Waals surface area contributed by atoms with Gasteiger partial charge in [0.1, 0.15) is 0 Å². The standard InChI is InChI=1S/C17H29N3/c1-15-8-6-11-17(19-15)14-20(2)13-7-12-18-16-9-4-3-5-10-16/h6,8,11,16,18H,3-5,7,9-10,12-14H2,1-2H3. The zero-order valence-electron chi connectivity index (χ0n) is 13.1. The smallest absolute Gasteiger partial charge is 0.0547 e. The van der Waals surface area contributed by atoms with Crippen molar-refractivity contribution in [1.29, 1.82) is 0 Å². The summed E-state index contributed by atoms with van der Waals surface area (Å²) in [5, 5.41) is 3.71. The lowest BCUT2D eigenvalue weighted by Gasteiger charge is -2.23. The maximum Gasteiger partial charge on any atom is 0.0547 e. The van der Waals surface area contributed by atoms with E-state index in [2.05, 4.69) is 47.4 Å². The fourth-order valence-electron chi connectivity index (χ4n) is 3.01. The number of nitrogens with zero attached hydrogens (tertiary/aromatic N) is 2. The van der Waals surface area contributed by atoms with Crippen LogP contribution < -0.4 is 5.32 Å². The molecule has 0 aliphatic heterocycles. The molecule has 0 bridgehead atoms. The number of hydrogen-bond acceptors (Lipinski definition) is 3. The molecular weight excluding hydrogens is 246 g/mol. The first-order chi connectivity index (χ1) is 9.74. The van der Waals surface area contributed by atoms with Gasteiger partial charge in [-0.25, -0.2) is 0 Å². The third-order valence-corrected chi connectivity index (χ3v) is 4.13. The van der Waals surface area contributed by atoms with Gasteiger partial charge in [0.15, 0.2) is 0 Å². The van der Waals surface area contributed by atoms with Crippen LogP contribution in [0.5, 0.6) is 0 Å². The Balaban J connectivity index is 1.59. The summed E-state index contributed by atoms with van der Waals surface area (Å²) in [4.78, 5) is 6.92. The van der Waals surface area contributed by atoms with Crippen LogP contribution in [0.25, 0.3) is 0 Å². The van der Waals surface area contributed by atoms with E-state index in [1.54, 1.807) is 0 Å². The van der Waals surface area contributed by atoms with Gasteiger partial charge in [-0.15, -0.1) is 0 Å². The van der Waals surface area contributed by atoms with Crippen LogP contribution in [0.2, 0.25) is 0 Å². The number of aryl methyl sites for hydroxylation is 1. The highest BCUT2D eigenvalue weighted by molar-refractivity contribution is 5.09. The van der Waals surface area contributed by atoms with Crippen LogP contribution in [0.4, 0.5) is 0 Å². The van der Waals surface area contributed by atoms with Crippen molar-refractivity contribution in [3.05, 3.63) is 29.6 Å². The highest BCUT2D eigenvalue weighted by Crippen LogP contribution is 2.17. The molecule has 0 spiro atoms. The molecule has 1 saturated carbocycles. The fourth-order valence-corrected chi connectivity index (χ4v) is 3.01. The van der Waals surface area contributed by atoms with Crippen molar-refractivity contribution in [1.82, 2.24) is 15.2 Å². The highest BCUT2D eigenvalue weighted by atomic mass is 15.1. The molecule has 0 saturated heterocycles. The molecule has 1 aliphatic carbocycles. The fraction of sp³-hybridized carbons (Fsp3) is 0.706. The normalized spacial score (nSPS) is 16.8. The summed E-state index contributed by atoms with van der Waals surface area (Å²) in [5.41, 5.74) is 2.28. The number of rotatable bonds is 7. The summed E-state index contributed by atoms with van der Waals surface area (Å²) >= 11 is 0. The summed E-state index contributed by atoms with van der Waals surface area (Å²) in [6.07, 6.45) is 8.24. The molecule has 1 fully saturated rings. The number of hydrogen-bond donors (Lipinski definition) is 1. The minimum atomic E-state index is 0.785. The van der Waals surface area contributed by atoms with Crippen molar-refractivity contribution in [2.45, 2.75) is 58.0 Å². The molecule has 1 N–H and O–H groups in total. The minimum Gasteiger partial charge on any atom is -0.314 e. The summed E-state index contributed by atoms with van der Waals surface area (Å²) in [7, 11) is 2.19. The van der Waals surface area contributed by atoms with Gasteiger partial charge in [0.25, 0.3) is 0 Å². The molecule has 0 amide bonds. The molecule has 112 valence electrons. The van der Waals surface area contributed by atoms with E-state index in [1.165, 1.54) is 44.2 Å². The third kappa shape index (κ3) is 5.59. The van der Waals surface area contributed by atoms with Crippen molar-refractivity contribution < 1.29 is 0 Å². The second kappa shape index (κ2) is 8.38. The van der Waals surface area contributed by atoms with Crippen LogP contribution in [-0.4, -0.2) is 36.1 Å². The first kappa shape index (κ1) is 15.5. The molecule has 1 aromatic rings. The Kier molecular flexibility index (Phi) is 6.48. The van der Waals surface area contributed by atoms with Crippen LogP contribution in [0.15, 0.2) is 18.2 Å². The molecule has 0 unspecified atom stereocenters. The van der Waals surface area contributed by atoms with Gasteiger partial charge in [0.05, 0.1) is 5.69 Å². The largest absolute Gasteiger partial charge is 0.314 e. The lowest BCUT2D eigenvalue weighted by Crippen LogP contribution is -2.33. The van der Waals surface area contributed by atoms with E-state index in [9.17, 15) is 0 Å². The average molecular weight is 275 g/mol. The number of nitrogens with one attached hydrogen (secondary N) is 1. The minimum absolute atomic E-state index is 0.785. The van der Waals surface area contributed by atoms with E-state index in [1.807, 2.05) is 0 Å². The van der Waals surface area contributed by atoms with Crippen molar-refractivity contribution in [3.63, 3.8) is 0 Å². The number of pyridine rings is 1. The van der Waals surface area contributed by atoms with E-state index in [4.69, 9.17) is 0 Å². The Bertz CT molecular complexity index is 386. The van der Waals surface area contributed by atoms with Crippen LogP contribution >= 0.6 is 0 Å². The van der Waals surface area contributed by atoms with Crippen molar-refractivity contribution >= 4 is 0 Å². The van der Waals surface area contributed by atoms with Gasteiger partial charge in [-0.1, -0.05) is 25.3 Å². The zero-order valence-corrected chi connectivity index (χ0v) is 13.1. The van der Waals surface area contributed by atoms with Crippen LogP contribution in [-0.2, 0) is 6.54 Å². The molecule has 20 heavy (non-hydrogen) atoms. The van der Waals surface area contributed by atoms with E-state index in [-0.39, 0.29) is 0 Å². The van der Waals surface area contributed by atoms with E-state index in [0.29, 0.717) is 0 Å². The predicted octanol–water partition coefficient (Wildman–Crippen LogP) is 3.13. The molecule has 0 atom stereocenters. The zero-order chi connectivity index (χ0) is 14.2. The molecule has 3 heteroatoms. The van der Waals surface area contributed by atoms with Crippen molar-refractivity contribution in [2.24, 2.45) is 0 Å². The average Bonchev–Trinajstić information content (AvgIpc) is 2.45. The van der Waals surface area contributed by atoms with Crippen molar-refractivity contribution in [2.75, 3.05) is 20.1 Å². The Hall–Kier alpha value is -0.930. The summed E-state index contributed by atoms with van der Waals surface area (Å²) in [6, 6.07) is 7.05. The molecule has 0 radical (unpaired) electrons. The topological polar surface area (TPSA) is 28.2 Å². The van der Waals surface area contributed by atoms with Gasteiger partial charge >= 0.3 is 0 Å². The second-order valence-corrected chi connectivity index (χ2v) is 6.15. The maximum absolute atomic E-state index is 4.56. The van der Waals surface area contributed by atoms with Crippen molar-refractivity contribution in [3.8, 4) is 0 Å². The van der Waals surface area contributed by atoms with E-state index in [0.717, 1.165) is 31.4 Å². The Morgan fingerprint density at radius 2 is 2.05 bits per heavy atom. The lowest BCUT2D eigenvalue weighted by atomic mass is 9.95. The Morgan fingerprint density at radius 1 is 1.25 bits per heavy atom. The maximum atomic E-state index is 4.56. The molecule has 0 aromatic carbocycles.